The van der Waals surface area contributed by atoms with Gasteiger partial charge in [0.05, 0.1) is 11.3 Å². The minimum absolute atomic E-state index is 0. The Hall–Kier alpha value is -8.38. The van der Waals surface area contributed by atoms with Gasteiger partial charge in [-0.2, -0.15) is 6.07 Å². The van der Waals surface area contributed by atoms with Crippen molar-refractivity contribution in [2.75, 3.05) is 9.80 Å². The van der Waals surface area contributed by atoms with E-state index >= 15 is 0 Å². The van der Waals surface area contributed by atoms with E-state index in [1.807, 2.05) is 54.7 Å². The minimum Gasteiger partial charge on any atom is -0.509 e. The fourth-order valence-electron chi connectivity index (χ4n) is 9.97. The van der Waals surface area contributed by atoms with Crippen LogP contribution in [0.25, 0.3) is 93.8 Å². The van der Waals surface area contributed by atoms with Gasteiger partial charge in [0, 0.05) is 82.9 Å². The number of benzene rings is 9. The van der Waals surface area contributed by atoms with Crippen LogP contribution in [0.15, 0.2) is 215 Å². The molecule has 9 aromatic carbocycles. The predicted molar refractivity (Wildman–Crippen MR) is 270 cm³/mol. The summed E-state index contributed by atoms with van der Waals surface area (Å²) in [6.07, 6.45) is 1.81. The van der Waals surface area contributed by atoms with Crippen molar-refractivity contribution in [3.05, 3.63) is 225 Å². The number of hydrogen-bond donors (Lipinski definition) is 0. The van der Waals surface area contributed by atoms with Crippen LogP contribution >= 0.6 is 0 Å². The van der Waals surface area contributed by atoms with Crippen molar-refractivity contribution in [2.24, 2.45) is 0 Å². The summed E-state index contributed by atoms with van der Waals surface area (Å²) in [5.41, 5.74) is 12.9. The molecular formula is C60H35N4O3Pt-3. The van der Waals surface area contributed by atoms with Crippen LogP contribution in [-0.4, -0.2) is 9.55 Å². The van der Waals surface area contributed by atoms with Gasteiger partial charge in [0.1, 0.15) is 11.4 Å². The Balaban J connectivity index is 0.00000457. The predicted octanol–water partition coefficient (Wildman–Crippen LogP) is 16.1. The van der Waals surface area contributed by atoms with Gasteiger partial charge in [0.25, 0.3) is 0 Å². The van der Waals surface area contributed by atoms with E-state index in [9.17, 15) is 0 Å². The third-order valence-electron chi connectivity index (χ3n) is 13.0. The quantitative estimate of drug-likeness (QED) is 0.148. The second-order valence-electron chi connectivity index (χ2n) is 16.8. The molecule has 0 N–H and O–H groups in total. The molecule has 1 aliphatic rings. The summed E-state index contributed by atoms with van der Waals surface area (Å²) in [5, 5.41) is 5.93. The Morgan fingerprint density at radius 2 is 1.12 bits per heavy atom. The standard InChI is InChI=1S/C60H35N4O3.Pt/c1-3-16-38(17-4-1)42-22-15-23-43(39-18-5-2-6-19-39)57(42)63-37-62(51-25-10-11-26-52(51)63)40-34-49-48-32-31-47-46-21-8-12-27-54(46)66-59(47)60(48)67-58(49)55(35-40)65-41-29-30-45-44-20-7-9-24-50(44)64(53(45)36-41)56-28-13-14-33-61-56;/h1-34,37H;/q-3;. The zero-order valence-electron chi connectivity index (χ0n) is 36.0. The molecule has 0 bridgehead atoms. The molecule has 326 valence electrons. The van der Waals surface area contributed by atoms with Gasteiger partial charge in [-0.1, -0.05) is 156 Å². The maximum absolute atomic E-state index is 7.02. The van der Waals surface area contributed by atoms with Crippen molar-refractivity contribution >= 4 is 88.4 Å². The maximum Gasteiger partial charge on any atom is 0.177 e. The van der Waals surface area contributed by atoms with Gasteiger partial charge in [0.2, 0.25) is 0 Å². The number of ether oxygens (including phenoxy) is 1. The van der Waals surface area contributed by atoms with Gasteiger partial charge in [0.15, 0.2) is 11.2 Å². The van der Waals surface area contributed by atoms with E-state index in [1.165, 1.54) is 0 Å². The van der Waals surface area contributed by atoms with Crippen molar-refractivity contribution in [3.63, 3.8) is 0 Å². The average Bonchev–Trinajstić information content (AvgIpc) is 4.16. The summed E-state index contributed by atoms with van der Waals surface area (Å²) in [6, 6.07) is 76.4. The SMILES string of the molecule is [Pt].[c-]1c(N2[CH-]N(c3c(-c4ccccc4)cccc3-c3ccccc3)c3ccccc32)cc2c(oc3c2ccc2c4ccccc4oc23)c1Oc1[c-]c2c(cc1)c1ccccc1n2-c1ccccn1. The van der Waals surface area contributed by atoms with Gasteiger partial charge >= 0.3 is 0 Å². The molecule has 0 saturated carbocycles. The monoisotopic (exact) mass is 1050 g/mol. The van der Waals surface area contributed by atoms with Crippen LogP contribution in [0.5, 0.6) is 11.5 Å². The molecule has 0 fully saturated rings. The molecule has 0 spiro atoms. The van der Waals surface area contributed by atoms with Crippen molar-refractivity contribution in [2.45, 2.75) is 0 Å². The number of nitrogens with zero attached hydrogens (tertiary/aromatic N) is 4. The van der Waals surface area contributed by atoms with Gasteiger partial charge in [-0.25, -0.2) is 4.98 Å². The number of hydrogen-bond acceptors (Lipinski definition) is 6. The molecule has 8 heteroatoms. The number of para-hydroxylation sites is 5. The molecule has 4 aromatic heterocycles. The fraction of sp³-hybridized carbons (Fsp3) is 0. The van der Waals surface area contributed by atoms with E-state index in [4.69, 9.17) is 18.6 Å². The van der Waals surface area contributed by atoms with Gasteiger partial charge < -0.3 is 27.9 Å². The first-order valence-electron chi connectivity index (χ1n) is 22.3. The van der Waals surface area contributed by atoms with Crippen molar-refractivity contribution in [3.8, 4) is 39.6 Å². The van der Waals surface area contributed by atoms with Crippen molar-refractivity contribution in [1.82, 2.24) is 9.55 Å². The van der Waals surface area contributed by atoms with Crippen LogP contribution in [0.4, 0.5) is 22.7 Å². The van der Waals surface area contributed by atoms with E-state index in [0.717, 1.165) is 99.8 Å². The first-order chi connectivity index (χ1) is 33.2. The number of furan rings is 2. The zero-order valence-corrected chi connectivity index (χ0v) is 38.3. The Kier molecular flexibility index (Phi) is 9.34. The number of rotatable bonds is 7. The Morgan fingerprint density at radius 1 is 0.485 bits per heavy atom. The molecule has 68 heavy (non-hydrogen) atoms. The molecule has 13 aromatic rings. The number of pyridine rings is 1. The molecule has 0 radical (unpaired) electrons. The largest absolute Gasteiger partial charge is 0.509 e. The second kappa shape index (κ2) is 15.9. The smallest absolute Gasteiger partial charge is 0.177 e. The number of anilines is 4. The minimum atomic E-state index is 0. The van der Waals surface area contributed by atoms with E-state index in [1.54, 1.807) is 0 Å². The van der Waals surface area contributed by atoms with Gasteiger partial charge in [-0.15, -0.1) is 36.3 Å². The summed E-state index contributed by atoms with van der Waals surface area (Å²) < 4.78 is 22.6. The summed E-state index contributed by atoms with van der Waals surface area (Å²) in [7, 11) is 0. The molecule has 14 rings (SSSR count). The first kappa shape index (κ1) is 39.9. The third-order valence-corrected chi connectivity index (χ3v) is 13.0. The van der Waals surface area contributed by atoms with Crippen LogP contribution in [-0.2, 0) is 21.1 Å². The van der Waals surface area contributed by atoms with E-state index in [2.05, 4.69) is 185 Å². The molecule has 5 heterocycles. The van der Waals surface area contributed by atoms with Crippen LogP contribution < -0.4 is 14.5 Å². The van der Waals surface area contributed by atoms with Crippen LogP contribution in [0, 0.1) is 18.8 Å². The summed E-state index contributed by atoms with van der Waals surface area (Å²) in [6.45, 7) is 2.17. The summed E-state index contributed by atoms with van der Waals surface area (Å²) in [4.78, 5) is 9.25. The maximum atomic E-state index is 7.02. The molecule has 0 aliphatic carbocycles. The Morgan fingerprint density at radius 3 is 1.87 bits per heavy atom. The molecule has 0 atom stereocenters. The molecule has 0 saturated heterocycles. The summed E-state index contributed by atoms with van der Waals surface area (Å²) >= 11 is 0. The van der Waals surface area contributed by atoms with Crippen LogP contribution in [0.3, 0.4) is 0 Å². The molecule has 0 unspecified atom stereocenters. The van der Waals surface area contributed by atoms with E-state index in [-0.39, 0.29) is 21.1 Å². The topological polar surface area (TPSA) is 59.8 Å². The van der Waals surface area contributed by atoms with E-state index in [0.29, 0.717) is 28.2 Å². The van der Waals surface area contributed by atoms with Crippen molar-refractivity contribution < 1.29 is 34.6 Å². The van der Waals surface area contributed by atoms with Gasteiger partial charge in [-0.3, -0.25) is 0 Å². The Labute approximate surface area is 404 Å². The third kappa shape index (κ3) is 6.20. The number of fused-ring (bicyclic) bond motifs is 11. The molecular weight excluding hydrogens is 1020 g/mol. The van der Waals surface area contributed by atoms with Crippen LogP contribution in [0.2, 0.25) is 0 Å². The van der Waals surface area contributed by atoms with E-state index < -0.39 is 0 Å². The molecule has 1 aliphatic heterocycles. The first-order valence-corrected chi connectivity index (χ1v) is 22.3. The van der Waals surface area contributed by atoms with Crippen LogP contribution in [0.1, 0.15) is 0 Å². The molecule has 0 amide bonds. The zero-order chi connectivity index (χ0) is 44.0. The normalized spacial score (nSPS) is 12.5. The van der Waals surface area contributed by atoms with Crippen molar-refractivity contribution in [1.29, 1.82) is 0 Å². The summed E-state index contributed by atoms with van der Waals surface area (Å²) in [5.74, 6) is 1.72. The van der Waals surface area contributed by atoms with Gasteiger partial charge in [-0.05, 0) is 59.0 Å². The second-order valence-corrected chi connectivity index (χ2v) is 16.8. The average molecular weight is 1060 g/mol. The fourth-order valence-corrected chi connectivity index (χ4v) is 9.97. The number of aromatic nitrogens is 2. The molecule has 7 nitrogen and oxygen atoms in total. The Bertz CT molecular complexity index is 4010.